The smallest absolute Gasteiger partial charge is 0.431 e. The number of rotatable bonds is 4. The fraction of sp³-hybridized carbons (Fsp3) is 0.579. The second-order valence-corrected chi connectivity index (χ2v) is 8.75. The van der Waals surface area contributed by atoms with Crippen LogP contribution in [0.25, 0.3) is 5.52 Å². The van der Waals surface area contributed by atoms with Gasteiger partial charge in [-0.05, 0) is 12.1 Å². The summed E-state index contributed by atoms with van der Waals surface area (Å²) < 4.78 is 55.6. The molecule has 1 saturated heterocycles. The molecule has 3 saturated carbocycles. The first-order chi connectivity index (χ1) is 15.5. The minimum atomic E-state index is -4.35. The van der Waals surface area contributed by atoms with Gasteiger partial charge in [0.15, 0.2) is 5.82 Å². The lowest BCUT2D eigenvalue weighted by Gasteiger charge is -2.68. The number of nitrogen functional groups attached to an aromatic ring is 1. The standard InChI is InChI=1S/C19H18F3N5O6/c20-19(21,22)16-4-17(5-16,6-16)33-15(30)31-3-10-12(28)13(29)18(7-23,32-10)11-2-1-9-14(24)25-8-26-27(9)11/h1-2,8,10,12-13,28-29H,3-6H2,(H2,24,25,26)/t10-,12-,13-,16?,17?,18+/m1/s1. The molecule has 4 atom stereocenters. The molecular formula is C19H18F3N5O6. The summed E-state index contributed by atoms with van der Waals surface area (Å²) >= 11 is 0. The topological polar surface area (TPSA) is 165 Å². The summed E-state index contributed by atoms with van der Waals surface area (Å²) in [6, 6.07) is 4.77. The Labute approximate surface area is 183 Å². The Hall–Kier alpha value is -3.15. The van der Waals surface area contributed by atoms with Crippen LogP contribution in [0, 0.1) is 16.7 Å². The van der Waals surface area contributed by atoms with Crippen molar-refractivity contribution in [2.24, 2.45) is 5.41 Å². The van der Waals surface area contributed by atoms with Crippen molar-refractivity contribution < 1.29 is 42.4 Å². The van der Waals surface area contributed by atoms with E-state index in [1.807, 2.05) is 6.07 Å². The minimum Gasteiger partial charge on any atom is -0.431 e. The monoisotopic (exact) mass is 469 g/mol. The van der Waals surface area contributed by atoms with E-state index in [1.54, 1.807) is 0 Å². The fourth-order valence-electron chi connectivity index (χ4n) is 5.01. The van der Waals surface area contributed by atoms with Gasteiger partial charge in [-0.2, -0.15) is 23.5 Å². The van der Waals surface area contributed by atoms with Crippen LogP contribution in [0.15, 0.2) is 18.5 Å². The van der Waals surface area contributed by atoms with Crippen LogP contribution in [-0.4, -0.2) is 67.7 Å². The van der Waals surface area contributed by atoms with Crippen molar-refractivity contribution in [1.82, 2.24) is 14.6 Å². The van der Waals surface area contributed by atoms with Crippen molar-refractivity contribution in [3.05, 3.63) is 24.2 Å². The summed E-state index contributed by atoms with van der Waals surface area (Å²) in [7, 11) is 0. The summed E-state index contributed by atoms with van der Waals surface area (Å²) in [6.45, 7) is -0.610. The number of fused-ring (bicyclic) bond motifs is 1. The normalized spacial score (nSPS) is 37.2. The number of ether oxygens (including phenoxy) is 3. The number of hydrogen-bond acceptors (Lipinski definition) is 10. The van der Waals surface area contributed by atoms with Gasteiger partial charge in [-0.1, -0.05) is 0 Å². The number of nitrogens with two attached hydrogens (primary N) is 1. The van der Waals surface area contributed by atoms with Crippen LogP contribution in [0.3, 0.4) is 0 Å². The molecule has 14 heteroatoms. The van der Waals surface area contributed by atoms with Crippen molar-refractivity contribution in [2.75, 3.05) is 12.3 Å². The van der Waals surface area contributed by atoms with E-state index < -0.39 is 53.9 Å². The first-order valence-corrected chi connectivity index (χ1v) is 9.92. The van der Waals surface area contributed by atoms with Crippen molar-refractivity contribution in [2.45, 2.75) is 55.0 Å². The van der Waals surface area contributed by atoms with Crippen molar-refractivity contribution >= 4 is 17.5 Å². The molecule has 176 valence electrons. The zero-order valence-electron chi connectivity index (χ0n) is 16.8. The van der Waals surface area contributed by atoms with Gasteiger partial charge < -0.3 is 30.2 Å². The third-order valence-corrected chi connectivity index (χ3v) is 6.73. The lowest BCUT2D eigenvalue weighted by molar-refractivity contribution is -0.381. The van der Waals surface area contributed by atoms with Crippen LogP contribution in [0.4, 0.5) is 23.8 Å². The van der Waals surface area contributed by atoms with Gasteiger partial charge >= 0.3 is 12.3 Å². The second-order valence-electron chi connectivity index (χ2n) is 8.75. The zero-order chi connectivity index (χ0) is 23.8. The average molecular weight is 469 g/mol. The summed E-state index contributed by atoms with van der Waals surface area (Å²) in [5, 5.41) is 34.9. The summed E-state index contributed by atoms with van der Waals surface area (Å²) in [5.74, 6) is 0.112. The Morgan fingerprint density at radius 3 is 2.70 bits per heavy atom. The van der Waals surface area contributed by atoms with Gasteiger partial charge in [0.05, 0.1) is 11.1 Å². The zero-order valence-corrected chi connectivity index (χ0v) is 16.8. The number of halogens is 3. The van der Waals surface area contributed by atoms with Crippen LogP contribution in [0.5, 0.6) is 0 Å². The van der Waals surface area contributed by atoms with E-state index in [2.05, 4.69) is 10.1 Å². The van der Waals surface area contributed by atoms with E-state index in [1.165, 1.54) is 16.6 Å². The quantitative estimate of drug-likeness (QED) is 0.545. The van der Waals surface area contributed by atoms with Crippen LogP contribution in [0.2, 0.25) is 0 Å². The van der Waals surface area contributed by atoms with Crippen molar-refractivity contribution in [3.63, 3.8) is 0 Å². The van der Waals surface area contributed by atoms with E-state index in [9.17, 15) is 33.4 Å². The Bertz CT molecular complexity index is 1160. The molecule has 0 aromatic carbocycles. The fourth-order valence-corrected chi connectivity index (χ4v) is 5.01. The van der Waals surface area contributed by atoms with Gasteiger partial charge in [0.2, 0.25) is 5.60 Å². The minimum absolute atomic E-state index is 0.0667. The number of carbonyl (C=O) groups is 1. The number of carbonyl (C=O) groups excluding carboxylic acids is 1. The molecule has 0 spiro atoms. The molecule has 0 radical (unpaired) electrons. The van der Waals surface area contributed by atoms with Crippen LogP contribution >= 0.6 is 0 Å². The molecule has 0 unspecified atom stereocenters. The number of anilines is 1. The number of aromatic nitrogens is 3. The van der Waals surface area contributed by atoms with Gasteiger partial charge in [0.25, 0.3) is 0 Å². The third kappa shape index (κ3) is 2.89. The Balaban J connectivity index is 1.26. The van der Waals surface area contributed by atoms with Gasteiger partial charge in [-0.15, -0.1) is 0 Å². The van der Waals surface area contributed by atoms with Crippen LogP contribution in [0.1, 0.15) is 25.0 Å². The maximum atomic E-state index is 12.9. The average Bonchev–Trinajstić information content (AvgIpc) is 3.23. The highest BCUT2D eigenvalue weighted by molar-refractivity contribution is 5.66. The number of alkyl halides is 3. The van der Waals surface area contributed by atoms with Crippen molar-refractivity contribution in [1.29, 1.82) is 5.26 Å². The lowest BCUT2D eigenvalue weighted by atomic mass is 9.40. The Kier molecular flexibility index (Phi) is 4.39. The number of nitriles is 1. The third-order valence-electron chi connectivity index (χ3n) is 6.73. The molecule has 2 bridgehead atoms. The van der Waals surface area contributed by atoms with E-state index in [-0.39, 0.29) is 30.8 Å². The molecule has 33 heavy (non-hydrogen) atoms. The largest absolute Gasteiger partial charge is 0.508 e. The van der Waals surface area contributed by atoms with E-state index in [0.717, 1.165) is 6.33 Å². The molecule has 3 aliphatic carbocycles. The second kappa shape index (κ2) is 6.69. The number of hydrogen-bond donors (Lipinski definition) is 3. The van der Waals surface area contributed by atoms with Gasteiger partial charge in [-0.3, -0.25) is 0 Å². The van der Waals surface area contributed by atoms with Crippen LogP contribution in [-0.2, 0) is 19.8 Å². The molecule has 4 aliphatic rings. The Morgan fingerprint density at radius 1 is 1.36 bits per heavy atom. The van der Waals surface area contributed by atoms with E-state index in [4.69, 9.17) is 19.9 Å². The first kappa shape index (κ1) is 21.7. The summed E-state index contributed by atoms with van der Waals surface area (Å²) in [4.78, 5) is 15.9. The maximum Gasteiger partial charge on any atom is 0.508 e. The van der Waals surface area contributed by atoms with Gasteiger partial charge in [-0.25, -0.2) is 14.3 Å². The van der Waals surface area contributed by atoms with E-state index in [0.29, 0.717) is 5.52 Å². The van der Waals surface area contributed by atoms with Gasteiger partial charge in [0.1, 0.15) is 48.4 Å². The molecule has 4 N–H and O–H groups in total. The molecule has 2 aromatic heterocycles. The highest BCUT2D eigenvalue weighted by atomic mass is 19.4. The first-order valence-electron chi connectivity index (χ1n) is 9.92. The molecule has 0 amide bonds. The highest BCUT2D eigenvalue weighted by Gasteiger charge is 2.81. The SMILES string of the molecule is N#C[C@@]1(c2ccc3c(N)ncnn23)O[C@H](COC(=O)OC23CC(C(F)(F)F)(C2)C3)[C@@H](O)[C@H]1O. The Morgan fingerprint density at radius 2 is 2.06 bits per heavy atom. The number of aliphatic hydroxyl groups is 2. The number of nitrogens with zero attached hydrogens (tertiary/aromatic N) is 4. The number of aliphatic hydroxyl groups excluding tert-OH is 2. The molecule has 4 fully saturated rings. The van der Waals surface area contributed by atoms with E-state index >= 15 is 0 Å². The maximum absolute atomic E-state index is 12.9. The summed E-state index contributed by atoms with van der Waals surface area (Å²) in [6.07, 6.45) is -10.1. The predicted molar refractivity (Wildman–Crippen MR) is 99.1 cm³/mol. The molecule has 11 nitrogen and oxygen atoms in total. The summed E-state index contributed by atoms with van der Waals surface area (Å²) in [5.41, 5.74) is 1.13. The molecule has 2 aromatic rings. The molecule has 3 heterocycles. The van der Waals surface area contributed by atoms with Gasteiger partial charge in [0, 0.05) is 19.3 Å². The molecular weight excluding hydrogens is 451 g/mol. The van der Waals surface area contributed by atoms with Crippen molar-refractivity contribution in [3.8, 4) is 6.07 Å². The lowest BCUT2D eigenvalue weighted by Crippen LogP contribution is -2.74. The highest BCUT2D eigenvalue weighted by Crippen LogP contribution is 2.74. The van der Waals surface area contributed by atoms with Crippen LogP contribution < -0.4 is 5.73 Å². The predicted octanol–water partition coefficient (Wildman–Crippen LogP) is 0.789. The molecule has 1 aliphatic heterocycles. The molecule has 6 rings (SSSR count).